The van der Waals surface area contributed by atoms with Crippen molar-refractivity contribution < 1.29 is 0 Å². The molecular weight excluding hydrogens is 244 g/mol. The molecule has 2 aromatic rings. The lowest BCUT2D eigenvalue weighted by Gasteiger charge is -2.20. The number of fused-ring (bicyclic) bond motifs is 1. The molecule has 1 aliphatic heterocycles. The lowest BCUT2D eigenvalue weighted by Crippen LogP contribution is -2.30. The summed E-state index contributed by atoms with van der Waals surface area (Å²) in [5.74, 6) is 0.781. The first-order chi connectivity index (χ1) is 9.72. The van der Waals surface area contributed by atoms with Gasteiger partial charge in [0.05, 0.1) is 0 Å². The molecule has 1 saturated heterocycles. The van der Waals surface area contributed by atoms with Crippen LogP contribution in [0.2, 0.25) is 0 Å². The van der Waals surface area contributed by atoms with Gasteiger partial charge in [-0.05, 0) is 41.8 Å². The van der Waals surface area contributed by atoms with E-state index in [1.54, 1.807) is 0 Å². The number of nitrogens with one attached hydrogen (secondary N) is 1. The molecule has 2 heteroatoms. The molecule has 2 aromatic carbocycles. The highest BCUT2D eigenvalue weighted by Gasteiger charge is 2.22. The molecule has 3 rings (SSSR count). The topological polar surface area (TPSA) is 15.3 Å². The van der Waals surface area contributed by atoms with Gasteiger partial charge < -0.3 is 10.2 Å². The molecule has 2 nitrogen and oxygen atoms in total. The fraction of sp³-hybridized carbons (Fsp3) is 0.444. The van der Waals surface area contributed by atoms with E-state index in [0.717, 1.165) is 12.5 Å². The standard InChI is InChI=1S/C18H24N2/c1-14(2)19-12-15-9-10-20(13-15)18-8-7-16-5-3-4-6-17(16)11-18/h3-8,11,14-15,19H,9-10,12-13H2,1-2H3. The number of hydrogen-bond acceptors (Lipinski definition) is 2. The Morgan fingerprint density at radius 1 is 1.15 bits per heavy atom. The Bertz CT molecular complexity index is 576. The van der Waals surface area contributed by atoms with Crippen LogP contribution >= 0.6 is 0 Å². The average Bonchev–Trinajstić information content (AvgIpc) is 2.93. The molecule has 1 fully saturated rings. The molecule has 106 valence electrons. The van der Waals surface area contributed by atoms with Gasteiger partial charge in [-0.25, -0.2) is 0 Å². The van der Waals surface area contributed by atoms with Gasteiger partial charge >= 0.3 is 0 Å². The van der Waals surface area contributed by atoms with Crippen LogP contribution in [0.25, 0.3) is 10.8 Å². The van der Waals surface area contributed by atoms with Gasteiger partial charge in [0.25, 0.3) is 0 Å². The van der Waals surface area contributed by atoms with Gasteiger partial charge in [0.15, 0.2) is 0 Å². The summed E-state index contributed by atoms with van der Waals surface area (Å²) in [5.41, 5.74) is 1.37. The Hall–Kier alpha value is -1.54. The quantitative estimate of drug-likeness (QED) is 0.910. The number of anilines is 1. The minimum absolute atomic E-state index is 0.588. The summed E-state index contributed by atoms with van der Waals surface area (Å²) in [6.45, 7) is 7.94. The Morgan fingerprint density at radius 3 is 2.75 bits per heavy atom. The third-order valence-corrected chi connectivity index (χ3v) is 4.20. The van der Waals surface area contributed by atoms with E-state index in [4.69, 9.17) is 0 Å². The molecule has 0 radical (unpaired) electrons. The molecule has 0 saturated carbocycles. The fourth-order valence-corrected chi connectivity index (χ4v) is 3.01. The summed E-state index contributed by atoms with van der Waals surface area (Å²) in [7, 11) is 0. The van der Waals surface area contributed by atoms with Crippen LogP contribution in [-0.4, -0.2) is 25.7 Å². The molecule has 1 unspecified atom stereocenters. The van der Waals surface area contributed by atoms with Gasteiger partial charge in [0, 0.05) is 24.8 Å². The van der Waals surface area contributed by atoms with Crippen molar-refractivity contribution in [2.75, 3.05) is 24.5 Å². The number of nitrogens with zero attached hydrogens (tertiary/aromatic N) is 1. The lowest BCUT2D eigenvalue weighted by atomic mass is 10.1. The van der Waals surface area contributed by atoms with E-state index in [9.17, 15) is 0 Å². The SMILES string of the molecule is CC(C)NCC1CCN(c2ccc3ccccc3c2)C1. The first kappa shape index (κ1) is 13.4. The summed E-state index contributed by atoms with van der Waals surface area (Å²) >= 11 is 0. The Balaban J connectivity index is 1.69. The summed E-state index contributed by atoms with van der Waals surface area (Å²) in [6, 6.07) is 16.0. The highest BCUT2D eigenvalue weighted by Crippen LogP contribution is 2.27. The molecule has 1 aliphatic rings. The number of hydrogen-bond donors (Lipinski definition) is 1. The van der Waals surface area contributed by atoms with E-state index in [1.807, 2.05) is 0 Å². The van der Waals surface area contributed by atoms with Crippen molar-refractivity contribution in [2.24, 2.45) is 5.92 Å². The van der Waals surface area contributed by atoms with Gasteiger partial charge in [-0.2, -0.15) is 0 Å². The summed E-state index contributed by atoms with van der Waals surface area (Å²) in [6.07, 6.45) is 1.30. The van der Waals surface area contributed by atoms with E-state index in [-0.39, 0.29) is 0 Å². The Kier molecular flexibility index (Phi) is 3.93. The number of rotatable bonds is 4. The molecule has 1 N–H and O–H groups in total. The third-order valence-electron chi connectivity index (χ3n) is 4.20. The summed E-state index contributed by atoms with van der Waals surface area (Å²) in [5, 5.41) is 6.23. The molecule has 0 aliphatic carbocycles. The van der Waals surface area contributed by atoms with E-state index in [0.29, 0.717) is 6.04 Å². The second-order valence-corrected chi connectivity index (χ2v) is 6.20. The minimum atomic E-state index is 0.588. The van der Waals surface area contributed by atoms with Crippen LogP contribution < -0.4 is 10.2 Å². The highest BCUT2D eigenvalue weighted by molar-refractivity contribution is 5.85. The van der Waals surface area contributed by atoms with Crippen LogP contribution in [0.1, 0.15) is 20.3 Å². The van der Waals surface area contributed by atoms with E-state index < -0.39 is 0 Å². The molecular formula is C18H24N2. The molecule has 1 atom stereocenters. The monoisotopic (exact) mass is 268 g/mol. The van der Waals surface area contributed by atoms with Crippen molar-refractivity contribution >= 4 is 16.5 Å². The largest absolute Gasteiger partial charge is 0.371 e. The summed E-state index contributed by atoms with van der Waals surface area (Å²) in [4.78, 5) is 2.53. The molecule has 0 spiro atoms. The van der Waals surface area contributed by atoms with Gasteiger partial charge in [0.1, 0.15) is 0 Å². The minimum Gasteiger partial charge on any atom is -0.371 e. The second kappa shape index (κ2) is 5.84. The smallest absolute Gasteiger partial charge is 0.0372 e. The van der Waals surface area contributed by atoms with Crippen LogP contribution in [0.4, 0.5) is 5.69 Å². The van der Waals surface area contributed by atoms with Crippen LogP contribution in [-0.2, 0) is 0 Å². The highest BCUT2D eigenvalue weighted by atomic mass is 15.2. The van der Waals surface area contributed by atoms with Crippen molar-refractivity contribution in [1.29, 1.82) is 0 Å². The Morgan fingerprint density at radius 2 is 1.95 bits per heavy atom. The van der Waals surface area contributed by atoms with E-state index in [2.05, 4.69) is 66.5 Å². The van der Waals surface area contributed by atoms with Crippen LogP contribution in [0.3, 0.4) is 0 Å². The molecule has 0 aromatic heterocycles. The van der Waals surface area contributed by atoms with E-state index in [1.165, 1.54) is 36.0 Å². The predicted octanol–water partition coefficient (Wildman–Crippen LogP) is 3.66. The predicted molar refractivity (Wildman–Crippen MR) is 87.4 cm³/mol. The van der Waals surface area contributed by atoms with E-state index >= 15 is 0 Å². The van der Waals surface area contributed by atoms with Crippen LogP contribution in [0, 0.1) is 5.92 Å². The molecule has 1 heterocycles. The summed E-state index contributed by atoms with van der Waals surface area (Å²) < 4.78 is 0. The Labute approximate surface area is 121 Å². The van der Waals surface area contributed by atoms with Gasteiger partial charge in [-0.1, -0.05) is 44.2 Å². The van der Waals surface area contributed by atoms with Crippen molar-refractivity contribution in [1.82, 2.24) is 5.32 Å². The zero-order chi connectivity index (χ0) is 13.9. The van der Waals surface area contributed by atoms with Crippen molar-refractivity contribution in [2.45, 2.75) is 26.3 Å². The van der Waals surface area contributed by atoms with Gasteiger partial charge in [0.2, 0.25) is 0 Å². The number of benzene rings is 2. The maximum absolute atomic E-state index is 3.56. The lowest BCUT2D eigenvalue weighted by molar-refractivity contribution is 0.480. The third kappa shape index (κ3) is 2.96. The van der Waals surface area contributed by atoms with Crippen LogP contribution in [0.15, 0.2) is 42.5 Å². The van der Waals surface area contributed by atoms with Crippen molar-refractivity contribution in [3.63, 3.8) is 0 Å². The molecule has 20 heavy (non-hydrogen) atoms. The molecule has 0 bridgehead atoms. The maximum atomic E-state index is 3.56. The second-order valence-electron chi connectivity index (χ2n) is 6.20. The zero-order valence-corrected chi connectivity index (χ0v) is 12.5. The first-order valence-corrected chi connectivity index (χ1v) is 7.69. The van der Waals surface area contributed by atoms with Crippen LogP contribution in [0.5, 0.6) is 0 Å². The van der Waals surface area contributed by atoms with Crippen molar-refractivity contribution in [3.05, 3.63) is 42.5 Å². The zero-order valence-electron chi connectivity index (χ0n) is 12.5. The normalized spacial score (nSPS) is 19.1. The maximum Gasteiger partial charge on any atom is 0.0372 e. The first-order valence-electron chi connectivity index (χ1n) is 7.69. The van der Waals surface area contributed by atoms with Gasteiger partial charge in [-0.3, -0.25) is 0 Å². The van der Waals surface area contributed by atoms with Gasteiger partial charge in [-0.15, -0.1) is 0 Å². The fourth-order valence-electron chi connectivity index (χ4n) is 3.01. The van der Waals surface area contributed by atoms with Crippen molar-refractivity contribution in [3.8, 4) is 0 Å². The average molecular weight is 268 g/mol. The molecule has 0 amide bonds.